The number of benzene rings is 5. The van der Waals surface area contributed by atoms with Gasteiger partial charge >= 0.3 is 5.97 Å². The molecule has 3 fully saturated rings. The van der Waals surface area contributed by atoms with E-state index in [2.05, 4.69) is 41.3 Å². The van der Waals surface area contributed by atoms with Crippen LogP contribution in [0.2, 0.25) is 0 Å². The van der Waals surface area contributed by atoms with Gasteiger partial charge in [-0.1, -0.05) is 74.2 Å². The number of aromatic carboxylic acids is 1. The Morgan fingerprint density at radius 3 is 1.34 bits per heavy atom. The highest BCUT2D eigenvalue weighted by Crippen LogP contribution is 2.51. The molecule has 0 bridgehead atoms. The fourth-order valence-corrected chi connectivity index (χ4v) is 19.0. The number of hydrogen-bond donors (Lipinski definition) is 2. The van der Waals surface area contributed by atoms with Crippen LogP contribution in [0.4, 0.5) is 26.3 Å². The number of halogens is 6. The highest BCUT2D eigenvalue weighted by molar-refractivity contribution is 7.90. The van der Waals surface area contributed by atoms with Crippen molar-refractivity contribution < 1.29 is 62.7 Å². The summed E-state index contributed by atoms with van der Waals surface area (Å²) < 4.78 is 141. The molecular formula is C99H75F6N13O11S2. The maximum Gasteiger partial charge on any atom is 0.341 e. The molecule has 24 nitrogen and oxygen atoms in total. The van der Waals surface area contributed by atoms with Crippen molar-refractivity contribution in [2.24, 2.45) is 0 Å². The number of fused-ring (bicyclic) bond motifs is 3. The predicted molar refractivity (Wildman–Crippen MR) is 476 cm³/mol. The van der Waals surface area contributed by atoms with Crippen LogP contribution in [-0.4, -0.2) is 91.2 Å². The summed E-state index contributed by atoms with van der Waals surface area (Å²) in [6.07, 6.45) is 24.0. The van der Waals surface area contributed by atoms with Crippen molar-refractivity contribution >= 4 is 65.3 Å². The number of carboxylic acids is 1. The number of nitriles is 1. The van der Waals surface area contributed by atoms with Crippen LogP contribution in [0.5, 0.6) is 0 Å². The number of Topliss-reactive ketones (excluding diaryl/α,β-unsaturated/α-hetero) is 1. The molecule has 131 heavy (non-hydrogen) atoms. The fraction of sp³-hybridized carbons (Fsp3) is 0.141. The molecule has 0 radical (unpaired) electrons. The van der Waals surface area contributed by atoms with Crippen LogP contribution in [0.15, 0.2) is 323 Å². The first-order valence-electron chi connectivity index (χ1n) is 40.7. The van der Waals surface area contributed by atoms with E-state index >= 15 is 0 Å². The van der Waals surface area contributed by atoms with Crippen LogP contribution in [-0.2, 0) is 56.0 Å². The number of carboxylic acid groups (broad SMARTS) is 1. The number of ketones is 1. The average molecular weight is 1800 g/mol. The summed E-state index contributed by atoms with van der Waals surface area (Å²) in [5.41, 5.74) is 6.10. The van der Waals surface area contributed by atoms with Crippen LogP contribution >= 0.6 is 0 Å². The molecule has 32 heteroatoms. The van der Waals surface area contributed by atoms with Gasteiger partial charge in [0.05, 0.1) is 49.9 Å². The lowest BCUT2D eigenvalue weighted by Crippen LogP contribution is -2.37. The van der Waals surface area contributed by atoms with E-state index in [4.69, 9.17) is 10.4 Å². The van der Waals surface area contributed by atoms with Gasteiger partial charge in [0.15, 0.2) is 52.0 Å². The number of aryl methyl sites for hydroxylation is 1. The van der Waals surface area contributed by atoms with Crippen LogP contribution in [0.25, 0.3) is 49.9 Å². The second-order valence-corrected chi connectivity index (χ2v) is 34.8. The minimum Gasteiger partial charge on any atom is -0.477 e. The Balaban J connectivity index is 0.000000133. The lowest BCUT2D eigenvalue weighted by molar-refractivity contribution is 0.0693. The molecule has 5 aromatic carbocycles. The molecule has 0 spiro atoms. The van der Waals surface area contributed by atoms with Crippen molar-refractivity contribution in [3.63, 3.8) is 0 Å². The molecule has 11 aromatic heterocycles. The molecule has 1 amide bonds. The Bertz CT molecular complexity index is 7760. The molecular weight excluding hydrogens is 1730 g/mol. The summed E-state index contributed by atoms with van der Waals surface area (Å²) in [5, 5.41) is 22.2. The van der Waals surface area contributed by atoms with E-state index < -0.39 is 100 Å². The SMILES string of the molecule is C.N#Cc1cc(-c2cn(S(=O)(=O)c3ccccc3)c3ncccc23)ccn1.O=C(CCc1cc(-c2cn(S(=O)(=O)c3ccccc3)c3ncccc23)ccn1)c1cccn(C2(c3ccc(F)c(F)c3)CC2)c1=O.O=C(NCc1cc(C2=CCc3ncccc32)ccn1)c1cccn(C2(c3ccc(F)c(F)c3)CC2)c1=O.O=C(O)c1cccn(C2(c3ccc(F)c(F)c3)CC2)c1=O. The number of aromatic nitrogens is 11. The minimum absolute atomic E-state index is 0. The third-order valence-electron chi connectivity index (χ3n) is 23.4. The summed E-state index contributed by atoms with van der Waals surface area (Å²) in [4.78, 5) is 102. The van der Waals surface area contributed by atoms with Gasteiger partial charge in [-0.05, 0) is 248 Å². The highest BCUT2D eigenvalue weighted by atomic mass is 32.2. The Morgan fingerprint density at radius 1 is 0.435 bits per heavy atom. The van der Waals surface area contributed by atoms with Crippen molar-refractivity contribution in [3.05, 3.63) is 432 Å². The lowest BCUT2D eigenvalue weighted by atomic mass is 10.0. The summed E-state index contributed by atoms with van der Waals surface area (Å²) in [6.45, 7) is 0.141. The third-order valence-corrected chi connectivity index (χ3v) is 26.7. The van der Waals surface area contributed by atoms with Gasteiger partial charge in [0.2, 0.25) is 0 Å². The van der Waals surface area contributed by atoms with Gasteiger partial charge in [0.25, 0.3) is 42.6 Å². The van der Waals surface area contributed by atoms with Gasteiger partial charge in [-0.3, -0.25) is 38.9 Å². The van der Waals surface area contributed by atoms with Crippen molar-refractivity contribution in [1.29, 1.82) is 5.26 Å². The average Bonchev–Trinajstić information content (AvgIpc) is 1.58. The smallest absolute Gasteiger partial charge is 0.341 e. The molecule has 0 atom stereocenters. The van der Waals surface area contributed by atoms with E-state index in [9.17, 15) is 71.9 Å². The number of amides is 1. The standard InChI is InChI=1S/C35H26F2N4O4S.C29H22F2N4O2.C19H12N4O2S.C15H11F2NO3.CH4/c36-30-12-10-24(21-31(30)37)35(15-16-35)40-19-5-9-28(34(40)43)32(42)13-11-25-20-23(14-18-38-25)29-22-41(33-27(29)8-4-17-39-33)46(44,45)26-6-2-1-3-7-26;30-24-7-5-19(16-25(24)31)29(10-11-29)35-14-2-4-23(28(35)37)27(36)34-17-20-15-18(9-13-32-20)21-6-8-26-22(21)3-1-12-33-26;20-12-15-11-14(8-10-21-15)18-13-23(19-17(18)7-4-9-22-19)26(24,25)16-5-2-1-3-6-16;16-11-4-3-9(8-12(11)17)15(5-6-15)18-7-1-2-10(13(18)19)14(20)21;/h1-10,12,14,17-22H,11,13,15-16H2;1-7,9,12-16H,8,10-11,17H2,(H,34,36);1-11,13H;1-4,7-8H,5-6H2,(H,20,21);1H4. The summed E-state index contributed by atoms with van der Waals surface area (Å²) in [7, 11) is -7.72. The van der Waals surface area contributed by atoms with Crippen LogP contribution in [0.3, 0.4) is 0 Å². The summed E-state index contributed by atoms with van der Waals surface area (Å²) in [6, 6.07) is 59.7. The zero-order valence-electron chi connectivity index (χ0n) is 68.3. The van der Waals surface area contributed by atoms with Gasteiger partial charge in [0, 0.05) is 114 Å². The van der Waals surface area contributed by atoms with E-state index in [1.165, 1.54) is 107 Å². The first-order valence-corrected chi connectivity index (χ1v) is 43.6. The lowest BCUT2D eigenvalue weighted by Gasteiger charge is -2.20. The summed E-state index contributed by atoms with van der Waals surface area (Å²) >= 11 is 0. The number of nitrogens with zero attached hydrogens (tertiary/aromatic N) is 12. The maximum absolute atomic E-state index is 14.0. The van der Waals surface area contributed by atoms with Gasteiger partial charge in [-0.25, -0.2) is 70.9 Å². The molecule has 16 aromatic rings. The third kappa shape index (κ3) is 17.3. The second kappa shape index (κ2) is 36.2. The van der Waals surface area contributed by atoms with Crippen molar-refractivity contribution in [3.8, 4) is 28.3 Å². The molecule has 0 unspecified atom stereocenters. The molecule has 0 saturated heterocycles. The van der Waals surface area contributed by atoms with E-state index in [-0.39, 0.29) is 70.4 Å². The van der Waals surface area contributed by atoms with Gasteiger partial charge < -0.3 is 24.1 Å². The molecule has 2 N–H and O–H groups in total. The van der Waals surface area contributed by atoms with Crippen molar-refractivity contribution in [2.45, 2.75) is 98.2 Å². The maximum atomic E-state index is 14.0. The Labute approximate surface area is 744 Å². The first-order chi connectivity index (χ1) is 62.7. The fourth-order valence-electron chi connectivity index (χ4n) is 16.3. The highest BCUT2D eigenvalue weighted by Gasteiger charge is 2.50. The van der Waals surface area contributed by atoms with E-state index in [1.807, 2.05) is 30.3 Å². The number of allylic oxidation sites excluding steroid dienone is 1. The summed E-state index contributed by atoms with van der Waals surface area (Å²) in [5.74, 6) is -8.01. The van der Waals surface area contributed by atoms with Crippen LogP contribution in [0.1, 0.15) is 134 Å². The minimum atomic E-state index is -3.92. The zero-order valence-corrected chi connectivity index (χ0v) is 70.0. The van der Waals surface area contributed by atoms with Crippen molar-refractivity contribution in [2.75, 3.05) is 0 Å². The number of carbonyl (C=O) groups excluding carboxylic acids is 2. The number of carbonyl (C=O) groups is 3. The van der Waals surface area contributed by atoms with Gasteiger partial charge in [-0.15, -0.1) is 0 Å². The number of hydrogen-bond acceptors (Lipinski definition) is 17. The monoisotopic (exact) mass is 1800 g/mol. The van der Waals surface area contributed by atoms with E-state index in [0.29, 0.717) is 105 Å². The van der Waals surface area contributed by atoms with Gasteiger partial charge in [0.1, 0.15) is 22.9 Å². The largest absolute Gasteiger partial charge is 0.477 e. The van der Waals surface area contributed by atoms with Crippen LogP contribution < -0.4 is 22.0 Å². The molecule has 656 valence electrons. The first kappa shape index (κ1) is 88.7. The molecule has 3 saturated carbocycles. The predicted octanol–water partition coefficient (Wildman–Crippen LogP) is 16.7. The second-order valence-electron chi connectivity index (χ2n) is 31.2. The molecule has 4 aliphatic carbocycles. The van der Waals surface area contributed by atoms with Crippen LogP contribution in [0, 0.1) is 46.2 Å². The normalized spacial score (nSPS) is 13.9. The number of nitrogens with one attached hydrogen (secondary N) is 1. The molecule has 0 aliphatic heterocycles. The van der Waals surface area contributed by atoms with E-state index in [0.717, 1.165) is 65.2 Å². The Morgan fingerprint density at radius 2 is 0.863 bits per heavy atom. The Kier molecular flexibility index (Phi) is 24.5. The molecule has 20 rings (SSSR count). The van der Waals surface area contributed by atoms with Gasteiger partial charge in [-0.2, -0.15) is 5.26 Å². The molecule has 11 heterocycles. The van der Waals surface area contributed by atoms with E-state index in [1.54, 1.807) is 146 Å². The zero-order chi connectivity index (χ0) is 91.0. The molecule has 4 aliphatic rings. The quantitative estimate of drug-likeness (QED) is 0.0498. The number of rotatable bonds is 21. The van der Waals surface area contributed by atoms with Crippen molar-refractivity contribution in [1.82, 2.24) is 56.9 Å². The Hall–Kier alpha value is -15.8. The number of pyridine rings is 9. The topological polar surface area (TPSA) is 329 Å².